The number of nitrogens with one attached hydrogen (secondary N) is 1. The van der Waals surface area contributed by atoms with Gasteiger partial charge in [-0.1, -0.05) is 12.1 Å². The third-order valence-electron chi connectivity index (χ3n) is 4.02. The third kappa shape index (κ3) is 3.62. The summed E-state index contributed by atoms with van der Waals surface area (Å²) in [6, 6.07) is 8.41. The van der Waals surface area contributed by atoms with Gasteiger partial charge in [0.25, 0.3) is 5.56 Å². The lowest BCUT2D eigenvalue weighted by atomic mass is 10.1. The van der Waals surface area contributed by atoms with Crippen LogP contribution >= 0.6 is 0 Å². The Hall–Kier alpha value is -2.67. The minimum absolute atomic E-state index is 0.0894. The summed E-state index contributed by atoms with van der Waals surface area (Å²) >= 11 is 0. The van der Waals surface area contributed by atoms with Crippen LogP contribution in [-0.4, -0.2) is 48.9 Å². The van der Waals surface area contributed by atoms with Gasteiger partial charge >= 0.3 is 0 Å². The lowest BCUT2D eigenvalue weighted by Crippen LogP contribution is -2.44. The molecule has 1 aromatic heterocycles. The molecular formula is C17H20N4O3. The molecule has 7 heteroatoms. The molecule has 0 saturated carbocycles. The van der Waals surface area contributed by atoms with Gasteiger partial charge in [-0.15, -0.1) is 0 Å². The van der Waals surface area contributed by atoms with Crippen LogP contribution in [0.4, 0.5) is 5.69 Å². The highest BCUT2D eigenvalue weighted by Gasteiger charge is 2.14. The van der Waals surface area contributed by atoms with Crippen molar-refractivity contribution in [3.05, 3.63) is 52.4 Å². The molecule has 1 fully saturated rings. The number of Topliss-reactive ketones (excluding diaryl/α,β-unsaturated/α-hetero) is 1. The monoisotopic (exact) mass is 328 g/mol. The lowest BCUT2D eigenvalue weighted by molar-refractivity contribution is 0.0965. The van der Waals surface area contributed by atoms with E-state index in [0.717, 1.165) is 31.9 Å². The first-order valence-electron chi connectivity index (χ1n) is 7.87. The first kappa shape index (κ1) is 16.2. The molecule has 0 radical (unpaired) electrons. The third-order valence-corrected chi connectivity index (χ3v) is 4.02. The molecule has 1 saturated heterocycles. The van der Waals surface area contributed by atoms with Gasteiger partial charge in [0.15, 0.2) is 5.78 Å². The summed E-state index contributed by atoms with van der Waals surface area (Å²) in [5, 5.41) is 7.42. The number of carbonyl (C=O) groups is 1. The van der Waals surface area contributed by atoms with Crippen molar-refractivity contribution in [1.82, 2.24) is 15.1 Å². The maximum atomic E-state index is 12.3. The minimum Gasteiger partial charge on any atom is -0.497 e. The van der Waals surface area contributed by atoms with Crippen molar-refractivity contribution in [3.8, 4) is 5.75 Å². The van der Waals surface area contributed by atoms with Gasteiger partial charge in [-0.2, -0.15) is 5.10 Å². The largest absolute Gasteiger partial charge is 0.497 e. The van der Waals surface area contributed by atoms with Crippen molar-refractivity contribution in [2.24, 2.45) is 0 Å². The molecule has 1 aliphatic heterocycles. The number of methoxy groups -OCH3 is 1. The Kier molecular flexibility index (Phi) is 4.90. The number of carbonyl (C=O) groups excluding carboxylic acids is 1. The number of aromatic nitrogens is 2. The molecule has 0 unspecified atom stereocenters. The van der Waals surface area contributed by atoms with E-state index in [4.69, 9.17) is 4.74 Å². The number of benzene rings is 1. The van der Waals surface area contributed by atoms with Crippen LogP contribution in [0.15, 0.2) is 41.3 Å². The zero-order valence-corrected chi connectivity index (χ0v) is 13.6. The van der Waals surface area contributed by atoms with Gasteiger partial charge in [-0.25, -0.2) is 4.68 Å². The molecular weight excluding hydrogens is 308 g/mol. The molecule has 24 heavy (non-hydrogen) atoms. The van der Waals surface area contributed by atoms with Crippen molar-refractivity contribution >= 4 is 11.5 Å². The van der Waals surface area contributed by atoms with Crippen LogP contribution in [0.3, 0.4) is 0 Å². The minimum atomic E-state index is -0.276. The van der Waals surface area contributed by atoms with Crippen LogP contribution in [0.5, 0.6) is 5.75 Å². The zero-order valence-electron chi connectivity index (χ0n) is 13.6. The van der Waals surface area contributed by atoms with Gasteiger partial charge in [-0.05, 0) is 12.1 Å². The highest BCUT2D eigenvalue weighted by Crippen LogP contribution is 2.14. The van der Waals surface area contributed by atoms with E-state index in [9.17, 15) is 9.59 Å². The molecule has 0 bridgehead atoms. The molecule has 0 atom stereocenters. The second-order valence-electron chi connectivity index (χ2n) is 5.60. The van der Waals surface area contributed by atoms with E-state index in [2.05, 4.69) is 15.3 Å². The highest BCUT2D eigenvalue weighted by molar-refractivity contribution is 5.96. The van der Waals surface area contributed by atoms with E-state index in [1.165, 1.54) is 10.7 Å². The number of ether oxygens (including phenoxy) is 1. The van der Waals surface area contributed by atoms with Crippen LogP contribution in [0.1, 0.15) is 10.4 Å². The molecule has 2 heterocycles. The number of nitrogens with zero attached hydrogens (tertiary/aromatic N) is 3. The summed E-state index contributed by atoms with van der Waals surface area (Å²) in [4.78, 5) is 26.7. The Morgan fingerprint density at radius 3 is 2.79 bits per heavy atom. The number of rotatable bonds is 5. The molecule has 0 amide bonds. The van der Waals surface area contributed by atoms with Crippen molar-refractivity contribution in [2.45, 2.75) is 6.54 Å². The van der Waals surface area contributed by atoms with Gasteiger partial charge < -0.3 is 15.0 Å². The van der Waals surface area contributed by atoms with E-state index in [-0.39, 0.29) is 17.9 Å². The van der Waals surface area contributed by atoms with Crippen LogP contribution in [-0.2, 0) is 6.54 Å². The van der Waals surface area contributed by atoms with Crippen LogP contribution in [0.2, 0.25) is 0 Å². The van der Waals surface area contributed by atoms with E-state index in [1.54, 1.807) is 37.6 Å². The standard InChI is InChI=1S/C17H20N4O3/c1-24-15-4-2-3-13(9-15)16(22)12-21-17(23)10-14(11-19-21)20-7-5-18-6-8-20/h2-4,9-11,18H,5-8,12H2,1H3. The summed E-state index contributed by atoms with van der Waals surface area (Å²) in [7, 11) is 1.55. The fourth-order valence-corrected chi connectivity index (χ4v) is 2.66. The Morgan fingerprint density at radius 1 is 1.29 bits per heavy atom. The Bertz CT molecular complexity index is 781. The quantitative estimate of drug-likeness (QED) is 0.808. The molecule has 1 aromatic carbocycles. The molecule has 1 aliphatic rings. The number of anilines is 1. The number of hydrogen-bond donors (Lipinski definition) is 1. The molecule has 0 spiro atoms. The van der Waals surface area contributed by atoms with Gasteiger partial charge in [0.05, 0.1) is 19.0 Å². The van der Waals surface area contributed by atoms with Crippen molar-refractivity contribution in [1.29, 1.82) is 0 Å². The first-order valence-corrected chi connectivity index (χ1v) is 7.87. The lowest BCUT2D eigenvalue weighted by Gasteiger charge is -2.28. The molecule has 126 valence electrons. The summed E-state index contributed by atoms with van der Waals surface area (Å²) in [6.45, 7) is 3.37. The topological polar surface area (TPSA) is 76.5 Å². The van der Waals surface area contributed by atoms with Gasteiger partial charge in [0.2, 0.25) is 0 Å². The number of piperazine rings is 1. The Morgan fingerprint density at radius 2 is 2.08 bits per heavy atom. The van der Waals surface area contributed by atoms with E-state index in [1.807, 2.05) is 0 Å². The van der Waals surface area contributed by atoms with Crippen molar-refractivity contribution in [3.63, 3.8) is 0 Å². The summed E-state index contributed by atoms with van der Waals surface area (Å²) in [5.41, 5.74) is 1.02. The van der Waals surface area contributed by atoms with E-state index < -0.39 is 0 Å². The van der Waals surface area contributed by atoms with Crippen LogP contribution in [0, 0.1) is 0 Å². The average Bonchev–Trinajstić information content (AvgIpc) is 2.64. The van der Waals surface area contributed by atoms with E-state index in [0.29, 0.717) is 11.3 Å². The Balaban J connectivity index is 1.75. The summed E-state index contributed by atoms with van der Waals surface area (Å²) in [5.74, 6) is 0.425. The van der Waals surface area contributed by atoms with Gasteiger partial charge in [0.1, 0.15) is 12.3 Å². The number of hydrogen-bond acceptors (Lipinski definition) is 6. The Labute approximate surface area is 139 Å². The van der Waals surface area contributed by atoms with Gasteiger partial charge in [-0.3, -0.25) is 9.59 Å². The van der Waals surface area contributed by atoms with E-state index >= 15 is 0 Å². The smallest absolute Gasteiger partial charge is 0.269 e. The SMILES string of the molecule is COc1cccc(C(=O)Cn2ncc(N3CCNCC3)cc2=O)c1. The normalized spacial score (nSPS) is 14.5. The summed E-state index contributed by atoms with van der Waals surface area (Å²) < 4.78 is 6.30. The van der Waals surface area contributed by atoms with Crippen molar-refractivity contribution in [2.75, 3.05) is 38.2 Å². The summed E-state index contributed by atoms with van der Waals surface area (Å²) in [6.07, 6.45) is 1.64. The maximum absolute atomic E-state index is 12.3. The predicted molar refractivity (Wildman–Crippen MR) is 90.9 cm³/mol. The van der Waals surface area contributed by atoms with Crippen LogP contribution < -0.4 is 20.5 Å². The molecule has 3 rings (SSSR count). The molecule has 1 N–H and O–H groups in total. The maximum Gasteiger partial charge on any atom is 0.269 e. The first-order chi connectivity index (χ1) is 11.7. The molecule has 7 nitrogen and oxygen atoms in total. The predicted octanol–water partition coefficient (Wildman–Crippen LogP) is 0.544. The average molecular weight is 328 g/mol. The fourth-order valence-electron chi connectivity index (χ4n) is 2.66. The zero-order chi connectivity index (χ0) is 16.9. The molecule has 2 aromatic rings. The highest BCUT2D eigenvalue weighted by atomic mass is 16.5. The van der Waals surface area contributed by atoms with Gasteiger partial charge in [0, 0.05) is 37.8 Å². The second-order valence-corrected chi connectivity index (χ2v) is 5.60. The molecule has 0 aliphatic carbocycles. The fraction of sp³-hybridized carbons (Fsp3) is 0.353. The van der Waals surface area contributed by atoms with Crippen molar-refractivity contribution < 1.29 is 9.53 Å². The van der Waals surface area contributed by atoms with Crippen LogP contribution in [0.25, 0.3) is 0 Å². The number of ketones is 1. The second kappa shape index (κ2) is 7.27.